The Morgan fingerprint density at radius 2 is 1.90 bits per heavy atom. The van der Waals surface area contributed by atoms with Gasteiger partial charge < -0.3 is 0 Å². The maximum Gasteiger partial charge on any atom is 0.257 e. The molecular weight excluding hydrogens is 270 g/mol. The molecule has 0 radical (unpaired) electrons. The van der Waals surface area contributed by atoms with E-state index in [9.17, 15) is 4.79 Å². The van der Waals surface area contributed by atoms with E-state index in [0.717, 1.165) is 11.1 Å². The number of benzene rings is 1. The number of carbonyl (C=O) groups excluding carboxylic acids is 1. The highest BCUT2D eigenvalue weighted by Gasteiger charge is 2.07. The third-order valence-corrected chi connectivity index (χ3v) is 3.48. The van der Waals surface area contributed by atoms with E-state index in [0.29, 0.717) is 10.7 Å². The number of nitrogens with zero attached hydrogens (tertiary/aromatic N) is 2. The molecule has 5 heteroatoms. The minimum Gasteiger partial charge on any atom is -0.298 e. The molecule has 0 atom stereocenters. The molecule has 1 N–H and O–H groups in total. The molecule has 0 bridgehead atoms. The molecule has 0 aliphatic carbocycles. The second kappa shape index (κ2) is 5.63. The van der Waals surface area contributed by atoms with Gasteiger partial charge in [-0.05, 0) is 29.3 Å². The fourth-order valence-electron chi connectivity index (χ4n) is 1.80. The second-order valence-corrected chi connectivity index (χ2v) is 5.00. The first-order chi connectivity index (χ1) is 9.83. The van der Waals surface area contributed by atoms with Gasteiger partial charge in [0.15, 0.2) is 5.13 Å². The molecule has 0 saturated carbocycles. The lowest BCUT2D eigenvalue weighted by atomic mass is 10.1. The first kappa shape index (κ1) is 12.5. The summed E-state index contributed by atoms with van der Waals surface area (Å²) >= 11 is 1.39. The first-order valence-electron chi connectivity index (χ1n) is 6.04. The van der Waals surface area contributed by atoms with Crippen LogP contribution in [0.15, 0.2) is 60.4 Å². The molecule has 20 heavy (non-hydrogen) atoms. The van der Waals surface area contributed by atoms with Crippen LogP contribution in [0, 0.1) is 0 Å². The molecular formula is C15H11N3OS. The molecule has 4 nitrogen and oxygen atoms in total. The van der Waals surface area contributed by atoms with Gasteiger partial charge in [0, 0.05) is 29.5 Å². The largest absolute Gasteiger partial charge is 0.298 e. The molecule has 1 aromatic carbocycles. The van der Waals surface area contributed by atoms with E-state index in [1.54, 1.807) is 30.7 Å². The summed E-state index contributed by atoms with van der Waals surface area (Å²) in [6.45, 7) is 0. The summed E-state index contributed by atoms with van der Waals surface area (Å²) in [6, 6.07) is 11.3. The number of hydrogen-bond donors (Lipinski definition) is 1. The fourth-order valence-corrected chi connectivity index (χ4v) is 2.33. The molecule has 0 aliphatic rings. The van der Waals surface area contributed by atoms with Gasteiger partial charge in [0.1, 0.15) is 0 Å². The van der Waals surface area contributed by atoms with E-state index in [1.807, 2.05) is 29.6 Å². The number of nitrogens with one attached hydrogen (secondary N) is 1. The van der Waals surface area contributed by atoms with Gasteiger partial charge in [0.05, 0.1) is 0 Å². The van der Waals surface area contributed by atoms with Gasteiger partial charge >= 0.3 is 0 Å². The van der Waals surface area contributed by atoms with Crippen LogP contribution in [0.5, 0.6) is 0 Å². The quantitative estimate of drug-likeness (QED) is 0.800. The van der Waals surface area contributed by atoms with Crippen molar-refractivity contribution in [2.75, 3.05) is 5.32 Å². The lowest BCUT2D eigenvalue weighted by Crippen LogP contribution is -2.11. The molecule has 0 saturated heterocycles. The van der Waals surface area contributed by atoms with E-state index < -0.39 is 0 Å². The van der Waals surface area contributed by atoms with Crippen molar-refractivity contribution in [3.63, 3.8) is 0 Å². The van der Waals surface area contributed by atoms with E-state index in [2.05, 4.69) is 15.3 Å². The fraction of sp³-hybridized carbons (Fsp3) is 0. The smallest absolute Gasteiger partial charge is 0.257 e. The first-order valence-corrected chi connectivity index (χ1v) is 6.92. The zero-order chi connectivity index (χ0) is 13.8. The number of thiazole rings is 1. The van der Waals surface area contributed by atoms with Crippen molar-refractivity contribution in [1.82, 2.24) is 9.97 Å². The van der Waals surface area contributed by atoms with Gasteiger partial charge in [0.2, 0.25) is 0 Å². The lowest BCUT2D eigenvalue weighted by Gasteiger charge is -2.04. The molecule has 0 unspecified atom stereocenters. The monoisotopic (exact) mass is 281 g/mol. The summed E-state index contributed by atoms with van der Waals surface area (Å²) in [4.78, 5) is 20.1. The van der Waals surface area contributed by atoms with Gasteiger partial charge in [-0.25, -0.2) is 4.98 Å². The number of pyridine rings is 1. The molecule has 2 heterocycles. The number of amides is 1. The number of hydrogen-bond acceptors (Lipinski definition) is 4. The Morgan fingerprint density at radius 1 is 1.05 bits per heavy atom. The minimum atomic E-state index is -0.155. The molecule has 98 valence electrons. The number of aromatic nitrogens is 2. The number of rotatable bonds is 3. The van der Waals surface area contributed by atoms with Crippen molar-refractivity contribution in [3.8, 4) is 11.1 Å². The summed E-state index contributed by atoms with van der Waals surface area (Å²) in [5, 5.41) is 5.18. The van der Waals surface area contributed by atoms with Crippen molar-refractivity contribution < 1.29 is 4.79 Å². The Labute approximate surface area is 120 Å². The van der Waals surface area contributed by atoms with Crippen molar-refractivity contribution >= 4 is 22.4 Å². The Bertz CT molecular complexity index is 694. The van der Waals surface area contributed by atoms with E-state index >= 15 is 0 Å². The van der Waals surface area contributed by atoms with Crippen molar-refractivity contribution in [2.45, 2.75) is 0 Å². The Kier molecular flexibility index (Phi) is 3.52. The summed E-state index contributed by atoms with van der Waals surface area (Å²) in [6.07, 6.45) is 5.19. The van der Waals surface area contributed by atoms with Gasteiger partial charge in [0.25, 0.3) is 5.91 Å². The van der Waals surface area contributed by atoms with Crippen molar-refractivity contribution in [2.24, 2.45) is 0 Å². The molecule has 3 aromatic rings. The van der Waals surface area contributed by atoms with Crippen molar-refractivity contribution in [3.05, 3.63) is 65.9 Å². The zero-order valence-corrected chi connectivity index (χ0v) is 11.3. The van der Waals surface area contributed by atoms with Crippen LogP contribution >= 0.6 is 11.3 Å². The third-order valence-electron chi connectivity index (χ3n) is 2.79. The van der Waals surface area contributed by atoms with Crippen molar-refractivity contribution in [1.29, 1.82) is 0 Å². The summed E-state index contributed by atoms with van der Waals surface area (Å²) < 4.78 is 0. The van der Waals surface area contributed by atoms with Crippen LogP contribution in [0.1, 0.15) is 10.4 Å². The van der Waals surface area contributed by atoms with Crippen LogP contribution < -0.4 is 5.32 Å². The summed E-state index contributed by atoms with van der Waals surface area (Å²) in [5.41, 5.74) is 2.66. The molecule has 0 spiro atoms. The molecule has 1 amide bonds. The highest BCUT2D eigenvalue weighted by atomic mass is 32.1. The van der Waals surface area contributed by atoms with Gasteiger partial charge in [-0.2, -0.15) is 0 Å². The Balaban J connectivity index is 1.78. The van der Waals surface area contributed by atoms with E-state index in [1.165, 1.54) is 11.3 Å². The second-order valence-electron chi connectivity index (χ2n) is 4.11. The van der Waals surface area contributed by atoms with Crippen LogP contribution in [0.4, 0.5) is 5.13 Å². The normalized spacial score (nSPS) is 10.2. The van der Waals surface area contributed by atoms with Crippen LogP contribution in [0.25, 0.3) is 11.1 Å². The zero-order valence-electron chi connectivity index (χ0n) is 10.5. The van der Waals surface area contributed by atoms with E-state index in [-0.39, 0.29) is 5.91 Å². The van der Waals surface area contributed by atoms with Gasteiger partial charge in [-0.3, -0.25) is 15.1 Å². The van der Waals surface area contributed by atoms with Gasteiger partial charge in [-0.15, -0.1) is 11.3 Å². The average Bonchev–Trinajstić information content (AvgIpc) is 3.01. The Morgan fingerprint density at radius 3 is 2.55 bits per heavy atom. The molecule has 3 rings (SSSR count). The predicted octanol–water partition coefficient (Wildman–Crippen LogP) is 3.46. The minimum absolute atomic E-state index is 0.155. The van der Waals surface area contributed by atoms with Crippen LogP contribution in [0.3, 0.4) is 0 Å². The standard InChI is InChI=1S/C15H11N3OS/c19-14(18-15-17-8-9-20-15)12-5-3-11(4-6-12)13-2-1-7-16-10-13/h1-10H,(H,17,18,19). The third kappa shape index (κ3) is 2.73. The summed E-state index contributed by atoms with van der Waals surface area (Å²) in [5.74, 6) is -0.155. The number of anilines is 1. The summed E-state index contributed by atoms with van der Waals surface area (Å²) in [7, 11) is 0. The number of carbonyl (C=O) groups is 1. The SMILES string of the molecule is O=C(Nc1nccs1)c1ccc(-c2cccnc2)cc1. The Hall–Kier alpha value is -2.53. The highest BCUT2D eigenvalue weighted by molar-refractivity contribution is 7.13. The van der Waals surface area contributed by atoms with Crippen LogP contribution in [-0.4, -0.2) is 15.9 Å². The predicted molar refractivity (Wildman–Crippen MR) is 79.7 cm³/mol. The van der Waals surface area contributed by atoms with E-state index in [4.69, 9.17) is 0 Å². The highest BCUT2D eigenvalue weighted by Crippen LogP contribution is 2.19. The average molecular weight is 281 g/mol. The maximum absolute atomic E-state index is 12.0. The van der Waals surface area contributed by atoms with Crippen LogP contribution in [-0.2, 0) is 0 Å². The van der Waals surface area contributed by atoms with Gasteiger partial charge in [-0.1, -0.05) is 18.2 Å². The molecule has 2 aromatic heterocycles. The van der Waals surface area contributed by atoms with Crippen LogP contribution in [0.2, 0.25) is 0 Å². The topological polar surface area (TPSA) is 54.9 Å². The molecule has 0 aliphatic heterocycles. The lowest BCUT2D eigenvalue weighted by molar-refractivity contribution is 0.102. The maximum atomic E-state index is 12.0. The molecule has 0 fully saturated rings.